The number of nitrogens with one attached hydrogen (secondary N) is 1. The lowest BCUT2D eigenvalue weighted by molar-refractivity contribution is -0.139. The third kappa shape index (κ3) is 4.64. The molecule has 0 aliphatic carbocycles. The Morgan fingerprint density at radius 2 is 1.74 bits per heavy atom. The third-order valence-electron chi connectivity index (χ3n) is 4.28. The van der Waals surface area contributed by atoms with E-state index in [-0.39, 0.29) is 22.8 Å². The molecular formula is C21H18N2O8. The number of ether oxygens (including phenoxy) is 3. The van der Waals surface area contributed by atoms with Crippen LogP contribution in [0.1, 0.15) is 5.56 Å². The Morgan fingerprint density at radius 3 is 2.35 bits per heavy atom. The van der Waals surface area contributed by atoms with Crippen molar-refractivity contribution in [2.75, 3.05) is 25.7 Å². The van der Waals surface area contributed by atoms with E-state index in [1.807, 2.05) is 0 Å². The van der Waals surface area contributed by atoms with E-state index in [1.54, 1.807) is 12.1 Å². The van der Waals surface area contributed by atoms with Crippen molar-refractivity contribution in [1.29, 1.82) is 0 Å². The van der Waals surface area contributed by atoms with Crippen LogP contribution in [0.3, 0.4) is 0 Å². The fourth-order valence-electron chi connectivity index (χ4n) is 2.82. The number of nitrogens with zero attached hydrogens (tertiary/aromatic N) is 1. The minimum Gasteiger partial charge on any atom is -0.497 e. The summed E-state index contributed by atoms with van der Waals surface area (Å²) in [6.45, 7) is -0.559. The van der Waals surface area contributed by atoms with Gasteiger partial charge in [0.05, 0.1) is 19.9 Å². The number of imide groups is 2. The number of anilines is 1. The number of hydrogen-bond donors (Lipinski definition) is 2. The van der Waals surface area contributed by atoms with Gasteiger partial charge in [0.2, 0.25) is 0 Å². The highest BCUT2D eigenvalue weighted by atomic mass is 16.5. The Morgan fingerprint density at radius 1 is 1.03 bits per heavy atom. The average molecular weight is 426 g/mol. The molecular weight excluding hydrogens is 408 g/mol. The molecule has 10 nitrogen and oxygen atoms in total. The van der Waals surface area contributed by atoms with E-state index < -0.39 is 30.4 Å². The molecule has 10 heteroatoms. The summed E-state index contributed by atoms with van der Waals surface area (Å²) in [6.07, 6.45) is 1.30. The molecule has 2 aromatic rings. The topological polar surface area (TPSA) is 131 Å². The van der Waals surface area contributed by atoms with Gasteiger partial charge in [0.15, 0.2) is 18.1 Å². The number of barbiturate groups is 1. The summed E-state index contributed by atoms with van der Waals surface area (Å²) < 4.78 is 15.4. The second-order valence-corrected chi connectivity index (χ2v) is 6.25. The third-order valence-corrected chi connectivity index (χ3v) is 4.28. The van der Waals surface area contributed by atoms with Gasteiger partial charge in [0, 0.05) is 0 Å². The Labute approximate surface area is 176 Å². The van der Waals surface area contributed by atoms with Gasteiger partial charge in [0.1, 0.15) is 11.3 Å². The highest BCUT2D eigenvalue weighted by Gasteiger charge is 2.36. The SMILES string of the molecule is COc1ccc(N2C(=O)NC(=O)C(=Cc3ccc(OCC(=O)O)c(OC)c3)C2=O)cc1. The molecule has 3 rings (SSSR count). The number of carbonyl (C=O) groups is 4. The van der Waals surface area contributed by atoms with E-state index in [0.717, 1.165) is 4.90 Å². The van der Waals surface area contributed by atoms with Crippen LogP contribution in [0.5, 0.6) is 17.2 Å². The van der Waals surface area contributed by atoms with E-state index in [9.17, 15) is 19.2 Å². The lowest BCUT2D eigenvalue weighted by Crippen LogP contribution is -2.54. The van der Waals surface area contributed by atoms with Crippen LogP contribution in [0.4, 0.5) is 10.5 Å². The molecule has 1 aliphatic heterocycles. The van der Waals surface area contributed by atoms with Crippen LogP contribution in [0.25, 0.3) is 6.08 Å². The lowest BCUT2D eigenvalue weighted by Gasteiger charge is -2.26. The minimum absolute atomic E-state index is 0.182. The fraction of sp³-hybridized carbons (Fsp3) is 0.143. The summed E-state index contributed by atoms with van der Waals surface area (Å²) in [5, 5.41) is 10.9. The smallest absolute Gasteiger partial charge is 0.341 e. The summed E-state index contributed by atoms with van der Waals surface area (Å²) >= 11 is 0. The summed E-state index contributed by atoms with van der Waals surface area (Å²) in [6, 6.07) is 9.76. The quantitative estimate of drug-likeness (QED) is 0.506. The summed E-state index contributed by atoms with van der Waals surface area (Å²) in [5.41, 5.74) is 0.399. The molecule has 2 aromatic carbocycles. The van der Waals surface area contributed by atoms with Gasteiger partial charge in [-0.3, -0.25) is 14.9 Å². The number of rotatable bonds is 7. The molecule has 160 valence electrons. The molecule has 0 spiro atoms. The second kappa shape index (κ2) is 8.99. The van der Waals surface area contributed by atoms with E-state index in [2.05, 4.69) is 5.32 Å². The maximum atomic E-state index is 12.9. The van der Waals surface area contributed by atoms with Gasteiger partial charge in [-0.2, -0.15) is 0 Å². The number of benzene rings is 2. The van der Waals surface area contributed by atoms with Crippen molar-refractivity contribution >= 4 is 35.6 Å². The highest BCUT2D eigenvalue weighted by molar-refractivity contribution is 6.39. The molecule has 1 fully saturated rings. The van der Waals surface area contributed by atoms with Crippen LogP contribution in [0.15, 0.2) is 48.0 Å². The van der Waals surface area contributed by atoms with Crippen molar-refractivity contribution in [3.8, 4) is 17.2 Å². The number of methoxy groups -OCH3 is 2. The predicted octanol–water partition coefficient (Wildman–Crippen LogP) is 1.83. The maximum Gasteiger partial charge on any atom is 0.341 e. The molecule has 31 heavy (non-hydrogen) atoms. The zero-order valence-electron chi connectivity index (χ0n) is 16.6. The minimum atomic E-state index is -1.15. The predicted molar refractivity (Wildman–Crippen MR) is 108 cm³/mol. The van der Waals surface area contributed by atoms with Gasteiger partial charge in [-0.05, 0) is 48.0 Å². The van der Waals surface area contributed by atoms with Crippen LogP contribution in [-0.2, 0) is 14.4 Å². The molecule has 1 saturated heterocycles. The first kappa shape index (κ1) is 21.4. The second-order valence-electron chi connectivity index (χ2n) is 6.25. The van der Waals surface area contributed by atoms with Crippen molar-refractivity contribution in [3.05, 3.63) is 53.6 Å². The van der Waals surface area contributed by atoms with E-state index in [0.29, 0.717) is 11.3 Å². The van der Waals surface area contributed by atoms with Gasteiger partial charge in [-0.1, -0.05) is 6.07 Å². The van der Waals surface area contributed by atoms with Gasteiger partial charge in [-0.15, -0.1) is 0 Å². The number of carboxylic acid groups (broad SMARTS) is 1. The first-order valence-electron chi connectivity index (χ1n) is 8.92. The molecule has 0 saturated carbocycles. The van der Waals surface area contributed by atoms with Crippen LogP contribution >= 0.6 is 0 Å². The first-order chi connectivity index (χ1) is 14.8. The monoisotopic (exact) mass is 426 g/mol. The van der Waals surface area contributed by atoms with Crippen LogP contribution in [0, 0.1) is 0 Å². The van der Waals surface area contributed by atoms with Gasteiger partial charge < -0.3 is 19.3 Å². The summed E-state index contributed by atoms with van der Waals surface area (Å²) in [5.74, 6) is -1.86. The van der Waals surface area contributed by atoms with Crippen LogP contribution in [-0.4, -0.2) is 49.7 Å². The van der Waals surface area contributed by atoms with Crippen molar-refractivity contribution in [2.24, 2.45) is 0 Å². The number of carbonyl (C=O) groups excluding carboxylic acids is 3. The van der Waals surface area contributed by atoms with Crippen LogP contribution in [0.2, 0.25) is 0 Å². The summed E-state index contributed by atoms with van der Waals surface area (Å²) in [4.78, 5) is 49.0. The number of amides is 4. The van der Waals surface area contributed by atoms with Crippen molar-refractivity contribution in [1.82, 2.24) is 5.32 Å². The molecule has 1 aliphatic rings. The van der Waals surface area contributed by atoms with E-state index in [4.69, 9.17) is 19.3 Å². The first-order valence-corrected chi connectivity index (χ1v) is 8.92. The summed E-state index contributed by atoms with van der Waals surface area (Å²) in [7, 11) is 2.85. The molecule has 2 N–H and O–H groups in total. The Bertz CT molecular complexity index is 1080. The normalized spacial score (nSPS) is 15.0. The van der Waals surface area contributed by atoms with Gasteiger partial charge in [0.25, 0.3) is 11.8 Å². The Kier molecular flexibility index (Phi) is 6.20. The molecule has 4 amide bonds. The number of urea groups is 1. The molecule has 0 aromatic heterocycles. The standard InChI is InChI=1S/C21H18N2O8/c1-29-14-6-4-13(5-7-14)23-20(27)15(19(26)22-21(23)28)9-12-3-8-16(17(10-12)30-2)31-11-18(24)25/h3-10H,11H2,1-2H3,(H,24,25)(H,22,26,28). The fourth-order valence-corrected chi connectivity index (χ4v) is 2.82. The van der Waals surface area contributed by atoms with E-state index >= 15 is 0 Å². The Balaban J connectivity index is 1.92. The lowest BCUT2D eigenvalue weighted by atomic mass is 10.1. The molecule has 1 heterocycles. The number of aliphatic carboxylic acids is 1. The van der Waals surface area contributed by atoms with E-state index in [1.165, 1.54) is 50.6 Å². The zero-order valence-corrected chi connectivity index (χ0v) is 16.6. The molecule has 0 radical (unpaired) electrons. The molecule has 0 unspecified atom stereocenters. The van der Waals surface area contributed by atoms with Gasteiger partial charge in [-0.25, -0.2) is 14.5 Å². The van der Waals surface area contributed by atoms with Crippen molar-refractivity contribution < 1.29 is 38.5 Å². The number of hydrogen-bond acceptors (Lipinski definition) is 7. The average Bonchev–Trinajstić information content (AvgIpc) is 2.75. The molecule has 0 bridgehead atoms. The zero-order chi connectivity index (χ0) is 22.5. The number of carboxylic acids is 1. The van der Waals surface area contributed by atoms with Crippen molar-refractivity contribution in [3.63, 3.8) is 0 Å². The largest absolute Gasteiger partial charge is 0.497 e. The highest BCUT2D eigenvalue weighted by Crippen LogP contribution is 2.30. The van der Waals surface area contributed by atoms with Gasteiger partial charge >= 0.3 is 12.0 Å². The van der Waals surface area contributed by atoms with Crippen molar-refractivity contribution in [2.45, 2.75) is 0 Å². The molecule has 0 atom stereocenters. The van der Waals surface area contributed by atoms with Crippen LogP contribution < -0.4 is 24.4 Å². The maximum absolute atomic E-state index is 12.9. The Hall–Kier alpha value is -4.34.